The summed E-state index contributed by atoms with van der Waals surface area (Å²) in [4.78, 5) is 32.1. The number of pyridine rings is 1. The van der Waals surface area contributed by atoms with Crippen molar-refractivity contribution in [2.45, 2.75) is 44.2 Å². The molecule has 216 valence electrons. The van der Waals surface area contributed by atoms with Gasteiger partial charge in [-0.15, -0.1) is 0 Å². The normalized spacial score (nSPS) is 21.8. The van der Waals surface area contributed by atoms with Crippen LogP contribution in [0.4, 0.5) is 5.95 Å². The van der Waals surface area contributed by atoms with Crippen molar-refractivity contribution >= 4 is 35.1 Å². The SMILES string of the molecule is CN1CCC12CCN(c1ncc(Oc3cc(CN4CCC(CC(=O)O)CC4)cc(-c4cc(Cl)cc(Cl)c4)n3)cn1)C2. The smallest absolute Gasteiger partial charge is 0.303 e. The summed E-state index contributed by atoms with van der Waals surface area (Å²) in [5.74, 6) is 1.17. The van der Waals surface area contributed by atoms with E-state index in [9.17, 15) is 4.79 Å². The van der Waals surface area contributed by atoms with Crippen LogP contribution < -0.4 is 9.64 Å². The molecule has 0 aliphatic carbocycles. The van der Waals surface area contributed by atoms with Gasteiger partial charge in [-0.25, -0.2) is 15.0 Å². The number of carboxylic acids is 1. The minimum Gasteiger partial charge on any atom is -0.481 e. The lowest BCUT2D eigenvalue weighted by Gasteiger charge is -2.48. The Bertz CT molecular complexity index is 1400. The second kappa shape index (κ2) is 11.7. The van der Waals surface area contributed by atoms with E-state index in [0.717, 1.165) is 69.1 Å². The number of hydrogen-bond donors (Lipinski definition) is 1. The summed E-state index contributed by atoms with van der Waals surface area (Å²) in [6.07, 6.45) is 7.74. The van der Waals surface area contributed by atoms with E-state index in [0.29, 0.717) is 33.9 Å². The summed E-state index contributed by atoms with van der Waals surface area (Å²) >= 11 is 12.6. The predicted octanol–water partition coefficient (Wildman–Crippen LogP) is 5.61. The molecule has 0 radical (unpaired) electrons. The highest BCUT2D eigenvalue weighted by Gasteiger charge is 2.47. The van der Waals surface area contributed by atoms with Crippen LogP contribution in [0.15, 0.2) is 42.7 Å². The van der Waals surface area contributed by atoms with E-state index in [1.54, 1.807) is 18.5 Å². The molecule has 3 saturated heterocycles. The lowest BCUT2D eigenvalue weighted by atomic mass is 9.85. The number of rotatable bonds is 8. The van der Waals surface area contributed by atoms with Crippen molar-refractivity contribution in [1.29, 1.82) is 0 Å². The highest BCUT2D eigenvalue weighted by molar-refractivity contribution is 6.35. The number of ether oxygens (including phenoxy) is 1. The Balaban J connectivity index is 1.20. The fraction of sp³-hybridized carbons (Fsp3) is 0.467. The second-order valence-corrected chi connectivity index (χ2v) is 12.4. The summed E-state index contributed by atoms with van der Waals surface area (Å²) in [5, 5.41) is 10.2. The molecule has 1 unspecified atom stereocenters. The maximum absolute atomic E-state index is 11.1. The number of carboxylic acid groups (broad SMARTS) is 1. The first-order valence-electron chi connectivity index (χ1n) is 14.1. The summed E-state index contributed by atoms with van der Waals surface area (Å²) < 4.78 is 6.19. The van der Waals surface area contributed by atoms with Gasteiger partial charge in [0.25, 0.3) is 0 Å². The number of likely N-dealkylation sites (tertiary alicyclic amines) is 2. The van der Waals surface area contributed by atoms with Crippen LogP contribution in [0.25, 0.3) is 11.3 Å². The lowest BCUT2D eigenvalue weighted by Crippen LogP contribution is -2.59. The van der Waals surface area contributed by atoms with Gasteiger partial charge < -0.3 is 14.7 Å². The predicted molar refractivity (Wildman–Crippen MR) is 159 cm³/mol. The number of anilines is 1. The molecule has 9 nitrogen and oxygen atoms in total. The summed E-state index contributed by atoms with van der Waals surface area (Å²) in [6, 6.07) is 9.32. The topological polar surface area (TPSA) is 94.9 Å². The van der Waals surface area contributed by atoms with Crippen molar-refractivity contribution in [3.63, 3.8) is 0 Å². The quantitative estimate of drug-likeness (QED) is 0.356. The van der Waals surface area contributed by atoms with Crippen LogP contribution in [0.2, 0.25) is 10.0 Å². The highest BCUT2D eigenvalue weighted by atomic mass is 35.5. The van der Waals surface area contributed by atoms with Crippen molar-refractivity contribution in [1.82, 2.24) is 24.8 Å². The van der Waals surface area contributed by atoms with Gasteiger partial charge in [-0.2, -0.15) is 0 Å². The maximum Gasteiger partial charge on any atom is 0.303 e. The monoisotopic (exact) mass is 596 g/mol. The van der Waals surface area contributed by atoms with Crippen molar-refractivity contribution in [3.8, 4) is 22.9 Å². The minimum absolute atomic E-state index is 0.230. The number of aromatic nitrogens is 3. The molecule has 11 heteroatoms. The Morgan fingerprint density at radius 2 is 1.73 bits per heavy atom. The maximum atomic E-state index is 11.1. The Labute approximate surface area is 250 Å². The Kier molecular flexibility index (Phi) is 8.05. The number of halogens is 2. The number of hydrogen-bond acceptors (Lipinski definition) is 8. The molecular weight excluding hydrogens is 563 g/mol. The molecule has 3 aliphatic rings. The van der Waals surface area contributed by atoms with Crippen molar-refractivity contribution in [2.75, 3.05) is 44.7 Å². The van der Waals surface area contributed by atoms with Crippen LogP contribution in [0.1, 0.15) is 37.7 Å². The minimum atomic E-state index is -0.725. The molecule has 1 N–H and O–H groups in total. The molecule has 1 aromatic carbocycles. The summed E-state index contributed by atoms with van der Waals surface area (Å²) in [7, 11) is 2.19. The first kappa shape index (κ1) is 28.2. The van der Waals surface area contributed by atoms with Crippen LogP contribution >= 0.6 is 23.2 Å². The molecule has 0 saturated carbocycles. The molecule has 3 fully saturated rings. The van der Waals surface area contributed by atoms with Crippen LogP contribution in [0.5, 0.6) is 11.6 Å². The average molecular weight is 598 g/mol. The second-order valence-electron chi connectivity index (χ2n) is 11.6. The van der Waals surface area contributed by atoms with Gasteiger partial charge in [0, 0.05) is 59.8 Å². The van der Waals surface area contributed by atoms with Gasteiger partial charge in [-0.05, 0) is 81.6 Å². The molecule has 1 spiro atoms. The number of nitrogens with zero attached hydrogens (tertiary/aromatic N) is 6. The summed E-state index contributed by atoms with van der Waals surface area (Å²) in [6.45, 7) is 5.44. The highest BCUT2D eigenvalue weighted by Crippen LogP contribution is 2.39. The molecule has 0 bridgehead atoms. The average Bonchev–Trinajstić information content (AvgIpc) is 3.41. The van der Waals surface area contributed by atoms with Gasteiger partial charge in [0.2, 0.25) is 11.8 Å². The summed E-state index contributed by atoms with van der Waals surface area (Å²) in [5.41, 5.74) is 2.80. The Hall–Kier alpha value is -2.98. The zero-order valence-electron chi connectivity index (χ0n) is 23.1. The number of aliphatic carboxylic acids is 1. The van der Waals surface area contributed by atoms with Gasteiger partial charge in [0.05, 0.1) is 18.1 Å². The molecule has 6 rings (SSSR count). The van der Waals surface area contributed by atoms with E-state index in [2.05, 4.69) is 31.7 Å². The van der Waals surface area contributed by atoms with E-state index >= 15 is 0 Å². The van der Waals surface area contributed by atoms with E-state index in [4.69, 9.17) is 38.0 Å². The fourth-order valence-corrected chi connectivity index (χ4v) is 6.77. The van der Waals surface area contributed by atoms with Gasteiger partial charge in [-0.1, -0.05) is 23.2 Å². The number of likely N-dealkylation sites (N-methyl/N-ethyl adjacent to an activating group) is 1. The van der Waals surface area contributed by atoms with E-state index in [1.165, 1.54) is 6.42 Å². The van der Waals surface area contributed by atoms with E-state index in [1.807, 2.05) is 24.3 Å². The van der Waals surface area contributed by atoms with Gasteiger partial charge in [-0.3, -0.25) is 14.6 Å². The first-order valence-corrected chi connectivity index (χ1v) is 14.9. The zero-order chi connectivity index (χ0) is 28.6. The molecule has 3 aromatic rings. The molecule has 0 amide bonds. The number of piperidine rings is 1. The third kappa shape index (κ3) is 6.43. The van der Waals surface area contributed by atoms with E-state index < -0.39 is 5.97 Å². The van der Waals surface area contributed by atoms with Crippen molar-refractivity contribution < 1.29 is 14.6 Å². The molecule has 2 aromatic heterocycles. The van der Waals surface area contributed by atoms with E-state index in [-0.39, 0.29) is 17.9 Å². The van der Waals surface area contributed by atoms with Crippen LogP contribution in [-0.2, 0) is 11.3 Å². The molecular formula is C30H34Cl2N6O3. The zero-order valence-corrected chi connectivity index (χ0v) is 24.6. The number of carbonyl (C=O) groups is 1. The van der Waals surface area contributed by atoms with Crippen molar-refractivity contribution in [2.24, 2.45) is 5.92 Å². The van der Waals surface area contributed by atoms with Crippen LogP contribution in [0, 0.1) is 5.92 Å². The molecule has 1 atom stereocenters. The molecule has 41 heavy (non-hydrogen) atoms. The Morgan fingerprint density at radius 3 is 2.34 bits per heavy atom. The Morgan fingerprint density at radius 1 is 1.02 bits per heavy atom. The van der Waals surface area contributed by atoms with Crippen LogP contribution in [-0.4, -0.2) is 81.1 Å². The number of benzene rings is 1. The fourth-order valence-electron chi connectivity index (χ4n) is 6.25. The van der Waals surface area contributed by atoms with Crippen molar-refractivity contribution in [3.05, 3.63) is 58.3 Å². The third-order valence-electron chi connectivity index (χ3n) is 8.77. The molecule has 3 aliphatic heterocycles. The third-order valence-corrected chi connectivity index (χ3v) is 9.21. The first-order chi connectivity index (χ1) is 19.7. The van der Waals surface area contributed by atoms with Gasteiger partial charge >= 0.3 is 5.97 Å². The van der Waals surface area contributed by atoms with Gasteiger partial charge in [0.15, 0.2) is 5.75 Å². The lowest BCUT2D eigenvalue weighted by molar-refractivity contribution is -0.138. The molecule has 5 heterocycles. The van der Waals surface area contributed by atoms with Gasteiger partial charge in [0.1, 0.15) is 0 Å². The van der Waals surface area contributed by atoms with Crippen LogP contribution in [0.3, 0.4) is 0 Å². The largest absolute Gasteiger partial charge is 0.481 e. The standard InChI is InChI=1S/C30H34Cl2N6O3/c1-36-8-4-30(36)5-9-38(19-30)29-33-16-25(17-34-29)41-27-11-21(18-37-6-2-20(3-7-37)12-28(39)40)10-26(35-27)22-13-23(31)15-24(32)14-22/h10-11,13-17,20H,2-9,12,18-19H2,1H3,(H,39,40).